The zero-order chi connectivity index (χ0) is 11.8. The topological polar surface area (TPSA) is 38.3 Å². The summed E-state index contributed by atoms with van der Waals surface area (Å²) >= 11 is 0. The molecule has 1 unspecified atom stereocenters. The lowest BCUT2D eigenvalue weighted by molar-refractivity contribution is -0.117. The first-order chi connectivity index (χ1) is 7.55. The molecular weight excluding hydrogens is 202 g/mol. The number of hydrogen-bond acceptors (Lipinski definition) is 2. The van der Waals surface area contributed by atoms with Crippen molar-refractivity contribution < 1.29 is 9.53 Å². The van der Waals surface area contributed by atoms with E-state index in [2.05, 4.69) is 5.32 Å². The van der Waals surface area contributed by atoms with Gasteiger partial charge in [-0.15, -0.1) is 0 Å². The molecule has 1 saturated carbocycles. The van der Waals surface area contributed by atoms with Crippen molar-refractivity contribution in [2.45, 2.75) is 46.1 Å². The molecule has 3 nitrogen and oxygen atoms in total. The van der Waals surface area contributed by atoms with Crippen LogP contribution in [0.5, 0.6) is 0 Å². The Hall–Kier alpha value is -0.830. The van der Waals surface area contributed by atoms with Crippen LogP contribution in [0.15, 0.2) is 11.1 Å². The number of rotatable bonds is 2. The molecule has 1 aliphatic heterocycles. The summed E-state index contributed by atoms with van der Waals surface area (Å²) in [6.07, 6.45) is 3.34. The van der Waals surface area contributed by atoms with E-state index in [0.717, 1.165) is 43.6 Å². The minimum atomic E-state index is 0.105. The molecular formula is C13H21NO2. The summed E-state index contributed by atoms with van der Waals surface area (Å²) < 4.78 is 5.36. The van der Waals surface area contributed by atoms with Gasteiger partial charge in [0, 0.05) is 24.8 Å². The average Bonchev–Trinajstić information content (AvgIpc) is 2.90. The Kier molecular flexibility index (Phi) is 3.06. The molecule has 1 spiro atoms. The maximum absolute atomic E-state index is 11.9. The summed E-state index contributed by atoms with van der Waals surface area (Å²) in [5, 5.41) is 3.14. The number of carbonyl (C=O) groups is 1. The van der Waals surface area contributed by atoms with Gasteiger partial charge in [-0.05, 0) is 45.4 Å². The molecule has 3 heteroatoms. The molecule has 0 aromatic rings. The highest BCUT2D eigenvalue weighted by Gasteiger charge is 2.54. The molecule has 90 valence electrons. The number of hydrogen-bond donors (Lipinski definition) is 1. The van der Waals surface area contributed by atoms with Crippen LogP contribution in [0.25, 0.3) is 0 Å². The van der Waals surface area contributed by atoms with Gasteiger partial charge in [-0.1, -0.05) is 5.57 Å². The fourth-order valence-corrected chi connectivity index (χ4v) is 2.38. The van der Waals surface area contributed by atoms with Crippen LogP contribution in [-0.4, -0.2) is 25.2 Å². The average molecular weight is 223 g/mol. The van der Waals surface area contributed by atoms with Gasteiger partial charge in [-0.25, -0.2) is 0 Å². The van der Waals surface area contributed by atoms with Crippen molar-refractivity contribution in [3.05, 3.63) is 11.1 Å². The standard InChI is InChI=1S/C13H21NO2/c1-9(2)10(3)12(15)14-11-8-13(11)4-6-16-7-5-13/h11H,4-8H2,1-3H3,(H,14,15). The van der Waals surface area contributed by atoms with Gasteiger partial charge in [0.05, 0.1) is 0 Å². The van der Waals surface area contributed by atoms with Crippen molar-refractivity contribution in [3.63, 3.8) is 0 Å². The molecule has 1 saturated heterocycles. The van der Waals surface area contributed by atoms with Gasteiger partial charge in [-0.3, -0.25) is 4.79 Å². The van der Waals surface area contributed by atoms with Crippen molar-refractivity contribution in [1.82, 2.24) is 5.32 Å². The monoisotopic (exact) mass is 223 g/mol. The highest BCUT2D eigenvalue weighted by molar-refractivity contribution is 5.93. The maximum Gasteiger partial charge on any atom is 0.247 e. The third-order valence-corrected chi connectivity index (χ3v) is 4.07. The SMILES string of the molecule is CC(C)=C(C)C(=O)NC1CC12CCOCC2. The first-order valence-electron chi connectivity index (χ1n) is 6.08. The van der Waals surface area contributed by atoms with Crippen LogP contribution >= 0.6 is 0 Å². The lowest BCUT2D eigenvalue weighted by atomic mass is 9.96. The van der Waals surface area contributed by atoms with E-state index < -0.39 is 0 Å². The number of amides is 1. The Labute approximate surface area is 97.2 Å². The molecule has 0 radical (unpaired) electrons. The van der Waals surface area contributed by atoms with Crippen LogP contribution < -0.4 is 5.32 Å². The van der Waals surface area contributed by atoms with E-state index in [9.17, 15) is 4.79 Å². The van der Waals surface area contributed by atoms with Crippen LogP contribution in [0.4, 0.5) is 0 Å². The second-order valence-electron chi connectivity index (χ2n) is 5.33. The molecule has 1 amide bonds. The van der Waals surface area contributed by atoms with Crippen LogP contribution in [0.1, 0.15) is 40.0 Å². The van der Waals surface area contributed by atoms with Crippen LogP contribution in [0, 0.1) is 5.41 Å². The van der Waals surface area contributed by atoms with Gasteiger partial charge >= 0.3 is 0 Å². The van der Waals surface area contributed by atoms with Crippen molar-refractivity contribution in [1.29, 1.82) is 0 Å². The Morgan fingerprint density at radius 3 is 2.44 bits per heavy atom. The van der Waals surface area contributed by atoms with Crippen LogP contribution in [0.2, 0.25) is 0 Å². The Morgan fingerprint density at radius 2 is 1.88 bits per heavy atom. The second-order valence-corrected chi connectivity index (χ2v) is 5.33. The molecule has 2 aliphatic rings. The van der Waals surface area contributed by atoms with Crippen molar-refractivity contribution in [2.75, 3.05) is 13.2 Å². The van der Waals surface area contributed by atoms with E-state index in [1.807, 2.05) is 20.8 Å². The summed E-state index contributed by atoms with van der Waals surface area (Å²) in [4.78, 5) is 11.9. The third kappa shape index (κ3) is 2.14. The van der Waals surface area contributed by atoms with Crippen molar-refractivity contribution >= 4 is 5.91 Å². The lowest BCUT2D eigenvalue weighted by Gasteiger charge is -2.23. The quantitative estimate of drug-likeness (QED) is 0.727. The molecule has 0 aromatic heterocycles. The summed E-state index contributed by atoms with van der Waals surface area (Å²) in [5.41, 5.74) is 2.32. The van der Waals surface area contributed by atoms with Gasteiger partial charge in [-0.2, -0.15) is 0 Å². The lowest BCUT2D eigenvalue weighted by Crippen LogP contribution is -2.32. The molecule has 1 heterocycles. The summed E-state index contributed by atoms with van der Waals surface area (Å²) in [6, 6.07) is 0.387. The Balaban J connectivity index is 1.89. The maximum atomic E-state index is 11.9. The highest BCUT2D eigenvalue weighted by atomic mass is 16.5. The van der Waals surface area contributed by atoms with Gasteiger partial charge in [0.1, 0.15) is 0 Å². The summed E-state index contributed by atoms with van der Waals surface area (Å²) in [5.74, 6) is 0.105. The minimum absolute atomic E-state index is 0.105. The molecule has 0 aromatic carbocycles. The molecule has 0 bridgehead atoms. The van der Waals surface area contributed by atoms with E-state index >= 15 is 0 Å². The molecule has 1 N–H and O–H groups in total. The molecule has 1 aliphatic carbocycles. The molecule has 2 fully saturated rings. The normalized spacial score (nSPS) is 26.3. The predicted molar refractivity (Wildman–Crippen MR) is 63.1 cm³/mol. The van der Waals surface area contributed by atoms with Gasteiger partial charge < -0.3 is 10.1 Å². The van der Waals surface area contributed by atoms with Crippen LogP contribution in [0.3, 0.4) is 0 Å². The van der Waals surface area contributed by atoms with E-state index in [-0.39, 0.29) is 5.91 Å². The number of carbonyl (C=O) groups excluding carboxylic acids is 1. The fraction of sp³-hybridized carbons (Fsp3) is 0.769. The second kappa shape index (κ2) is 4.21. The minimum Gasteiger partial charge on any atom is -0.381 e. The van der Waals surface area contributed by atoms with Gasteiger partial charge in [0.25, 0.3) is 0 Å². The zero-order valence-corrected chi connectivity index (χ0v) is 10.4. The Bertz CT molecular complexity index is 323. The van der Waals surface area contributed by atoms with E-state index in [0.29, 0.717) is 11.5 Å². The van der Waals surface area contributed by atoms with Crippen LogP contribution in [-0.2, 0) is 9.53 Å². The third-order valence-electron chi connectivity index (χ3n) is 4.07. The molecule has 2 rings (SSSR count). The van der Waals surface area contributed by atoms with Crippen molar-refractivity contribution in [3.8, 4) is 0 Å². The zero-order valence-electron chi connectivity index (χ0n) is 10.4. The smallest absolute Gasteiger partial charge is 0.247 e. The fourth-order valence-electron chi connectivity index (χ4n) is 2.38. The summed E-state index contributed by atoms with van der Waals surface area (Å²) in [6.45, 7) is 7.56. The van der Waals surface area contributed by atoms with E-state index in [1.165, 1.54) is 0 Å². The van der Waals surface area contributed by atoms with Crippen molar-refractivity contribution in [2.24, 2.45) is 5.41 Å². The highest BCUT2D eigenvalue weighted by Crippen LogP contribution is 2.53. The predicted octanol–water partition coefficient (Wildman–Crippen LogP) is 2.03. The van der Waals surface area contributed by atoms with Gasteiger partial charge in [0.2, 0.25) is 5.91 Å². The van der Waals surface area contributed by atoms with Gasteiger partial charge in [0.15, 0.2) is 0 Å². The summed E-state index contributed by atoms with van der Waals surface area (Å²) in [7, 11) is 0. The number of ether oxygens (including phenoxy) is 1. The van der Waals surface area contributed by atoms with E-state index in [1.54, 1.807) is 0 Å². The first kappa shape index (κ1) is 11.6. The van der Waals surface area contributed by atoms with E-state index in [4.69, 9.17) is 4.74 Å². The molecule has 1 atom stereocenters. The first-order valence-corrected chi connectivity index (χ1v) is 6.08. The number of nitrogens with one attached hydrogen (secondary N) is 1. The molecule has 16 heavy (non-hydrogen) atoms. The number of allylic oxidation sites excluding steroid dienone is 1. The Morgan fingerprint density at radius 1 is 1.25 bits per heavy atom. The largest absolute Gasteiger partial charge is 0.381 e.